The van der Waals surface area contributed by atoms with Gasteiger partial charge in [-0.1, -0.05) is 41.3 Å². The second kappa shape index (κ2) is 8.98. The Morgan fingerprint density at radius 2 is 1.68 bits per heavy atom. The van der Waals surface area contributed by atoms with Crippen LogP contribution in [-0.2, 0) is 0 Å². The van der Waals surface area contributed by atoms with Gasteiger partial charge in [0.1, 0.15) is 11.5 Å². The minimum Gasteiger partial charge on any atom is -0.368 e. The van der Waals surface area contributed by atoms with Crippen LogP contribution in [0.25, 0.3) is 22.0 Å². The van der Waals surface area contributed by atoms with Crippen LogP contribution >= 0.6 is 23.2 Å². The lowest BCUT2D eigenvalue weighted by molar-refractivity contribution is 0.891. The first kappa shape index (κ1) is 21.2. The maximum atomic E-state index is 6.11. The number of anilines is 1. The Bertz CT molecular complexity index is 1320. The van der Waals surface area contributed by atoms with E-state index in [0.717, 1.165) is 33.4 Å². The third-order valence-electron chi connectivity index (χ3n) is 4.80. The van der Waals surface area contributed by atoms with E-state index in [-0.39, 0.29) is 0 Å². The molecule has 31 heavy (non-hydrogen) atoms. The fourth-order valence-electron chi connectivity index (χ4n) is 3.29. The molecule has 0 aliphatic rings. The van der Waals surface area contributed by atoms with Crippen LogP contribution in [0.4, 0.5) is 5.82 Å². The van der Waals surface area contributed by atoms with Crippen molar-refractivity contribution in [1.82, 2.24) is 9.97 Å². The highest BCUT2D eigenvalue weighted by molar-refractivity contribution is 6.42. The minimum atomic E-state index is 0.338. The highest BCUT2D eigenvalue weighted by atomic mass is 35.5. The first-order chi connectivity index (χ1) is 14.9. The number of hydrogen-bond donors (Lipinski definition) is 1. The summed E-state index contributed by atoms with van der Waals surface area (Å²) in [4.78, 5) is 9.17. The number of rotatable bonds is 3. The third kappa shape index (κ3) is 4.99. The van der Waals surface area contributed by atoms with Crippen molar-refractivity contribution in [1.29, 1.82) is 0 Å². The van der Waals surface area contributed by atoms with Gasteiger partial charge in [0.15, 0.2) is 0 Å². The number of fused-ring (bicyclic) bond motifs is 1. The molecule has 0 atom stereocenters. The second-order valence-corrected chi connectivity index (χ2v) is 8.48. The summed E-state index contributed by atoms with van der Waals surface area (Å²) in [5.41, 5.74) is 5.68. The summed E-state index contributed by atoms with van der Waals surface area (Å²) in [6, 6.07) is 17.9. The molecule has 3 nitrogen and oxygen atoms in total. The fraction of sp³-hybridized carbons (Fsp3) is 0.154. The molecule has 4 rings (SSSR count). The van der Waals surface area contributed by atoms with Gasteiger partial charge in [0.25, 0.3) is 0 Å². The van der Waals surface area contributed by atoms with Gasteiger partial charge < -0.3 is 5.32 Å². The van der Waals surface area contributed by atoms with E-state index in [9.17, 15) is 0 Å². The van der Waals surface area contributed by atoms with Gasteiger partial charge in [0.05, 0.1) is 15.6 Å². The molecule has 2 aromatic heterocycles. The quantitative estimate of drug-likeness (QED) is 0.340. The number of nitrogens with one attached hydrogen (secondary N) is 1. The molecule has 2 heterocycles. The van der Waals surface area contributed by atoms with Crippen molar-refractivity contribution in [2.24, 2.45) is 0 Å². The second-order valence-electron chi connectivity index (χ2n) is 7.67. The zero-order valence-electron chi connectivity index (χ0n) is 17.5. The zero-order chi connectivity index (χ0) is 22.0. The minimum absolute atomic E-state index is 0.338. The number of aromatic nitrogens is 2. The molecular formula is C26H21Cl2N3. The van der Waals surface area contributed by atoms with E-state index >= 15 is 0 Å². The van der Waals surface area contributed by atoms with Crippen LogP contribution in [0.1, 0.15) is 30.7 Å². The van der Waals surface area contributed by atoms with Crippen molar-refractivity contribution in [3.8, 4) is 23.0 Å². The molecule has 0 saturated heterocycles. The number of nitrogens with zero attached hydrogens (tertiary/aromatic N) is 2. The van der Waals surface area contributed by atoms with Gasteiger partial charge >= 0.3 is 0 Å². The average molecular weight is 446 g/mol. The first-order valence-corrected chi connectivity index (χ1v) is 10.8. The largest absolute Gasteiger partial charge is 0.368 e. The highest BCUT2D eigenvalue weighted by Gasteiger charge is 2.05. The molecular weight excluding hydrogens is 425 g/mol. The van der Waals surface area contributed by atoms with Gasteiger partial charge in [-0.15, -0.1) is 0 Å². The molecule has 0 aliphatic heterocycles. The average Bonchev–Trinajstić information content (AvgIpc) is 2.74. The van der Waals surface area contributed by atoms with E-state index in [1.807, 2.05) is 36.4 Å². The monoisotopic (exact) mass is 445 g/mol. The lowest BCUT2D eigenvalue weighted by Gasteiger charge is -2.11. The number of aryl methyl sites for hydroxylation is 1. The van der Waals surface area contributed by atoms with Crippen LogP contribution in [0, 0.1) is 18.8 Å². The van der Waals surface area contributed by atoms with E-state index in [1.54, 1.807) is 12.3 Å². The number of benzene rings is 2. The molecule has 4 aromatic rings. The van der Waals surface area contributed by atoms with Gasteiger partial charge in [-0.25, -0.2) is 9.97 Å². The lowest BCUT2D eigenvalue weighted by Crippen LogP contribution is -2.11. The van der Waals surface area contributed by atoms with Crippen molar-refractivity contribution in [2.75, 3.05) is 5.32 Å². The van der Waals surface area contributed by atoms with Gasteiger partial charge in [0, 0.05) is 28.8 Å². The lowest BCUT2D eigenvalue weighted by atomic mass is 10.1. The molecule has 0 spiro atoms. The molecule has 0 amide bonds. The number of hydrogen-bond acceptors (Lipinski definition) is 3. The van der Waals surface area contributed by atoms with E-state index in [4.69, 9.17) is 28.2 Å². The van der Waals surface area contributed by atoms with Gasteiger partial charge in [0.2, 0.25) is 0 Å². The van der Waals surface area contributed by atoms with Gasteiger partial charge in [-0.3, -0.25) is 0 Å². The Morgan fingerprint density at radius 1 is 0.871 bits per heavy atom. The summed E-state index contributed by atoms with van der Waals surface area (Å²) >= 11 is 12.1. The van der Waals surface area contributed by atoms with Crippen molar-refractivity contribution in [3.63, 3.8) is 0 Å². The summed E-state index contributed by atoms with van der Waals surface area (Å²) in [7, 11) is 0. The number of pyridine rings is 2. The topological polar surface area (TPSA) is 37.8 Å². The Balaban J connectivity index is 1.57. The molecule has 0 unspecified atom stereocenters. The fourth-order valence-corrected chi connectivity index (χ4v) is 3.59. The smallest absolute Gasteiger partial charge is 0.127 e. The molecule has 2 aromatic carbocycles. The Morgan fingerprint density at radius 3 is 2.39 bits per heavy atom. The van der Waals surface area contributed by atoms with E-state index in [2.05, 4.69) is 55.0 Å². The van der Waals surface area contributed by atoms with Crippen LogP contribution in [-0.4, -0.2) is 16.0 Å². The van der Waals surface area contributed by atoms with Crippen molar-refractivity contribution < 1.29 is 0 Å². The number of halogens is 2. The molecule has 154 valence electrons. The normalized spacial score (nSPS) is 10.8. The van der Waals surface area contributed by atoms with Crippen LogP contribution < -0.4 is 5.32 Å². The molecule has 5 heteroatoms. The summed E-state index contributed by atoms with van der Waals surface area (Å²) in [5, 5.41) is 5.52. The van der Waals surface area contributed by atoms with Crippen molar-refractivity contribution >= 4 is 39.9 Å². The Hall–Kier alpha value is -3.06. The van der Waals surface area contributed by atoms with E-state index in [0.29, 0.717) is 21.8 Å². The highest BCUT2D eigenvalue weighted by Crippen LogP contribution is 2.28. The summed E-state index contributed by atoms with van der Waals surface area (Å²) in [5.74, 6) is 7.24. The maximum absolute atomic E-state index is 6.11. The third-order valence-corrected chi connectivity index (χ3v) is 5.54. The standard InChI is InChI=1S/C26H21Cl2N3/c1-16(2)30-26-12-17(3)22-13-18(5-11-25(22)31-26)4-8-21-9-6-20(15-29-21)19-7-10-23(27)24(28)14-19/h5-7,9-16H,1-3H3,(H,30,31). The van der Waals surface area contributed by atoms with Crippen LogP contribution in [0.3, 0.4) is 0 Å². The molecule has 0 aliphatic carbocycles. The first-order valence-electron chi connectivity index (χ1n) is 10.0. The van der Waals surface area contributed by atoms with Crippen LogP contribution in [0.15, 0.2) is 60.8 Å². The van der Waals surface area contributed by atoms with E-state index < -0.39 is 0 Å². The Labute approximate surface area is 192 Å². The molecule has 0 radical (unpaired) electrons. The zero-order valence-corrected chi connectivity index (χ0v) is 19.0. The van der Waals surface area contributed by atoms with Crippen molar-refractivity contribution in [3.05, 3.63) is 87.7 Å². The van der Waals surface area contributed by atoms with E-state index in [1.165, 1.54) is 5.56 Å². The molecule has 0 fully saturated rings. The predicted octanol–water partition coefficient (Wildman–Crippen LogP) is 7.13. The maximum Gasteiger partial charge on any atom is 0.127 e. The van der Waals surface area contributed by atoms with Crippen LogP contribution in [0.5, 0.6) is 0 Å². The predicted molar refractivity (Wildman–Crippen MR) is 131 cm³/mol. The molecule has 1 N–H and O–H groups in total. The van der Waals surface area contributed by atoms with Crippen molar-refractivity contribution in [2.45, 2.75) is 26.8 Å². The Kier molecular flexibility index (Phi) is 6.13. The van der Waals surface area contributed by atoms with Gasteiger partial charge in [-0.05, 0) is 80.3 Å². The molecule has 0 bridgehead atoms. The summed E-state index contributed by atoms with van der Waals surface area (Å²) in [6.07, 6.45) is 1.79. The van der Waals surface area contributed by atoms with Gasteiger partial charge in [-0.2, -0.15) is 0 Å². The summed E-state index contributed by atoms with van der Waals surface area (Å²) < 4.78 is 0. The summed E-state index contributed by atoms with van der Waals surface area (Å²) in [6.45, 7) is 6.30. The van der Waals surface area contributed by atoms with Crippen LogP contribution in [0.2, 0.25) is 10.0 Å². The SMILES string of the molecule is Cc1cc(NC(C)C)nc2ccc(C#Cc3ccc(-c4ccc(Cl)c(Cl)c4)cn3)cc12. The molecule has 0 saturated carbocycles.